The largest absolute Gasteiger partial charge is 0.303 e. The van der Waals surface area contributed by atoms with Crippen LogP contribution < -0.4 is 0 Å². The number of piperidine rings is 1. The van der Waals surface area contributed by atoms with Crippen molar-refractivity contribution in [3.63, 3.8) is 0 Å². The number of hydrogen-bond donors (Lipinski definition) is 0. The number of rotatable bonds is 4. The molecule has 2 unspecified atom stereocenters. The van der Waals surface area contributed by atoms with Crippen LogP contribution in [0, 0.1) is 5.92 Å². The standard InChI is InChI=1S/C15H22ClN/c1-13-12-17(11-9-15(13)16)10-5-8-14-6-3-2-4-7-14/h2-4,6-7,13,15H,5,8-12H2,1H3. The second-order valence-electron chi connectivity index (χ2n) is 5.17. The molecule has 1 nitrogen and oxygen atoms in total. The zero-order valence-electron chi connectivity index (χ0n) is 10.6. The minimum atomic E-state index is 0.389. The Kier molecular flexibility index (Phi) is 4.87. The van der Waals surface area contributed by atoms with Crippen molar-refractivity contribution in [2.75, 3.05) is 19.6 Å². The summed E-state index contributed by atoms with van der Waals surface area (Å²) < 4.78 is 0. The molecular formula is C15H22ClN. The van der Waals surface area contributed by atoms with Crippen molar-refractivity contribution in [1.29, 1.82) is 0 Å². The van der Waals surface area contributed by atoms with Gasteiger partial charge in [-0.3, -0.25) is 0 Å². The van der Waals surface area contributed by atoms with Crippen molar-refractivity contribution >= 4 is 11.6 Å². The van der Waals surface area contributed by atoms with Crippen molar-refractivity contribution < 1.29 is 0 Å². The van der Waals surface area contributed by atoms with Crippen LogP contribution in [0.15, 0.2) is 30.3 Å². The molecule has 1 heterocycles. The van der Waals surface area contributed by atoms with Crippen LogP contribution in [0.3, 0.4) is 0 Å². The monoisotopic (exact) mass is 251 g/mol. The van der Waals surface area contributed by atoms with Crippen molar-refractivity contribution in [3.05, 3.63) is 35.9 Å². The first kappa shape index (κ1) is 12.9. The van der Waals surface area contributed by atoms with Gasteiger partial charge >= 0.3 is 0 Å². The fourth-order valence-corrected chi connectivity index (χ4v) is 2.74. The van der Waals surface area contributed by atoms with E-state index in [-0.39, 0.29) is 0 Å². The van der Waals surface area contributed by atoms with E-state index in [2.05, 4.69) is 42.2 Å². The van der Waals surface area contributed by atoms with Crippen LogP contribution in [0.1, 0.15) is 25.3 Å². The van der Waals surface area contributed by atoms with Gasteiger partial charge in [0.1, 0.15) is 0 Å². The summed E-state index contributed by atoms with van der Waals surface area (Å²) in [6, 6.07) is 10.8. The molecule has 17 heavy (non-hydrogen) atoms. The van der Waals surface area contributed by atoms with Crippen LogP contribution in [-0.4, -0.2) is 29.9 Å². The second-order valence-corrected chi connectivity index (χ2v) is 5.73. The van der Waals surface area contributed by atoms with E-state index in [0.29, 0.717) is 11.3 Å². The minimum Gasteiger partial charge on any atom is -0.303 e. The lowest BCUT2D eigenvalue weighted by Crippen LogP contribution is -2.40. The first-order valence-electron chi connectivity index (χ1n) is 6.66. The molecule has 0 N–H and O–H groups in total. The lowest BCUT2D eigenvalue weighted by Gasteiger charge is -2.34. The maximum Gasteiger partial charge on any atom is 0.0386 e. The van der Waals surface area contributed by atoms with E-state index in [1.807, 2.05) is 0 Å². The van der Waals surface area contributed by atoms with Crippen LogP contribution in [0.4, 0.5) is 0 Å². The summed E-state index contributed by atoms with van der Waals surface area (Å²) in [4.78, 5) is 2.56. The Labute approximate surface area is 110 Å². The fraction of sp³-hybridized carbons (Fsp3) is 0.600. The van der Waals surface area contributed by atoms with E-state index in [1.54, 1.807) is 0 Å². The predicted molar refractivity (Wildman–Crippen MR) is 74.6 cm³/mol. The van der Waals surface area contributed by atoms with E-state index in [1.165, 1.54) is 38.0 Å². The van der Waals surface area contributed by atoms with Gasteiger partial charge in [0.2, 0.25) is 0 Å². The average Bonchev–Trinajstić information content (AvgIpc) is 2.35. The summed E-state index contributed by atoms with van der Waals surface area (Å²) in [6.07, 6.45) is 3.59. The lowest BCUT2D eigenvalue weighted by atomic mass is 9.99. The summed E-state index contributed by atoms with van der Waals surface area (Å²) >= 11 is 6.24. The topological polar surface area (TPSA) is 3.24 Å². The highest BCUT2D eigenvalue weighted by molar-refractivity contribution is 6.20. The minimum absolute atomic E-state index is 0.389. The van der Waals surface area contributed by atoms with E-state index in [0.717, 1.165) is 6.42 Å². The quantitative estimate of drug-likeness (QED) is 0.740. The number of benzene rings is 1. The average molecular weight is 252 g/mol. The van der Waals surface area contributed by atoms with E-state index < -0.39 is 0 Å². The van der Waals surface area contributed by atoms with Crippen molar-refractivity contribution in [1.82, 2.24) is 4.90 Å². The van der Waals surface area contributed by atoms with Gasteiger partial charge < -0.3 is 4.90 Å². The summed E-state index contributed by atoms with van der Waals surface area (Å²) in [5.74, 6) is 0.641. The summed E-state index contributed by atoms with van der Waals surface area (Å²) in [5, 5.41) is 0.389. The molecule has 0 spiro atoms. The number of likely N-dealkylation sites (tertiary alicyclic amines) is 1. The molecule has 0 radical (unpaired) electrons. The van der Waals surface area contributed by atoms with Gasteiger partial charge in [-0.2, -0.15) is 0 Å². The molecule has 1 aromatic rings. The number of aryl methyl sites for hydroxylation is 1. The molecular weight excluding hydrogens is 230 g/mol. The Balaban J connectivity index is 1.69. The molecule has 2 rings (SSSR count). The van der Waals surface area contributed by atoms with Crippen LogP contribution >= 0.6 is 11.6 Å². The van der Waals surface area contributed by atoms with Crippen LogP contribution in [-0.2, 0) is 6.42 Å². The Morgan fingerprint density at radius 2 is 2.06 bits per heavy atom. The molecule has 94 valence electrons. The van der Waals surface area contributed by atoms with Gasteiger partial charge in [-0.1, -0.05) is 37.3 Å². The normalized spacial score (nSPS) is 26.0. The highest BCUT2D eigenvalue weighted by Gasteiger charge is 2.23. The molecule has 0 aromatic heterocycles. The summed E-state index contributed by atoms with van der Waals surface area (Å²) in [7, 11) is 0. The van der Waals surface area contributed by atoms with E-state index in [9.17, 15) is 0 Å². The molecule has 0 saturated carbocycles. The second kappa shape index (κ2) is 6.42. The third-order valence-corrected chi connectivity index (χ3v) is 4.32. The van der Waals surface area contributed by atoms with Gasteiger partial charge in [0.25, 0.3) is 0 Å². The molecule has 2 atom stereocenters. The number of halogens is 1. The Hall–Kier alpha value is -0.530. The highest BCUT2D eigenvalue weighted by atomic mass is 35.5. The third kappa shape index (κ3) is 4.01. The van der Waals surface area contributed by atoms with Gasteiger partial charge in [-0.05, 0) is 43.8 Å². The zero-order chi connectivity index (χ0) is 12.1. The highest BCUT2D eigenvalue weighted by Crippen LogP contribution is 2.21. The molecule has 1 aliphatic heterocycles. The Morgan fingerprint density at radius 1 is 1.29 bits per heavy atom. The third-order valence-electron chi connectivity index (χ3n) is 3.67. The first-order valence-corrected chi connectivity index (χ1v) is 7.09. The van der Waals surface area contributed by atoms with Crippen LogP contribution in [0.5, 0.6) is 0 Å². The molecule has 0 bridgehead atoms. The molecule has 1 aromatic carbocycles. The maximum atomic E-state index is 6.24. The smallest absolute Gasteiger partial charge is 0.0386 e. The van der Waals surface area contributed by atoms with Gasteiger partial charge in [0.15, 0.2) is 0 Å². The van der Waals surface area contributed by atoms with E-state index in [4.69, 9.17) is 11.6 Å². The maximum absolute atomic E-state index is 6.24. The van der Waals surface area contributed by atoms with Crippen molar-refractivity contribution in [2.45, 2.75) is 31.6 Å². The number of nitrogens with zero attached hydrogens (tertiary/aromatic N) is 1. The Morgan fingerprint density at radius 3 is 2.76 bits per heavy atom. The molecule has 0 amide bonds. The summed E-state index contributed by atoms with van der Waals surface area (Å²) in [5.41, 5.74) is 1.45. The first-order chi connectivity index (χ1) is 8.25. The molecule has 1 saturated heterocycles. The van der Waals surface area contributed by atoms with E-state index >= 15 is 0 Å². The lowest BCUT2D eigenvalue weighted by molar-refractivity contribution is 0.185. The molecule has 0 aliphatic carbocycles. The summed E-state index contributed by atoms with van der Waals surface area (Å²) in [6.45, 7) is 5.82. The fourth-order valence-electron chi connectivity index (χ4n) is 2.56. The van der Waals surface area contributed by atoms with Crippen LogP contribution in [0.2, 0.25) is 0 Å². The predicted octanol–water partition coefficient (Wildman–Crippen LogP) is 3.57. The van der Waals surface area contributed by atoms with Crippen molar-refractivity contribution in [3.8, 4) is 0 Å². The number of alkyl halides is 1. The SMILES string of the molecule is CC1CN(CCCc2ccccc2)CCC1Cl. The van der Waals surface area contributed by atoms with Gasteiger partial charge in [0.05, 0.1) is 0 Å². The molecule has 1 fully saturated rings. The Bertz CT molecular complexity index is 325. The van der Waals surface area contributed by atoms with Crippen molar-refractivity contribution in [2.24, 2.45) is 5.92 Å². The zero-order valence-corrected chi connectivity index (χ0v) is 11.4. The van der Waals surface area contributed by atoms with Gasteiger partial charge in [-0.15, -0.1) is 11.6 Å². The van der Waals surface area contributed by atoms with Gasteiger partial charge in [0, 0.05) is 11.9 Å². The molecule has 2 heteroatoms. The molecule has 1 aliphatic rings. The van der Waals surface area contributed by atoms with Crippen LogP contribution in [0.25, 0.3) is 0 Å². The number of hydrogen-bond acceptors (Lipinski definition) is 1. The van der Waals surface area contributed by atoms with Gasteiger partial charge in [-0.25, -0.2) is 0 Å².